The zero-order valence-electron chi connectivity index (χ0n) is 16.7. The highest BCUT2D eigenvalue weighted by molar-refractivity contribution is 5.69. The number of rotatable bonds is 9. The first-order valence-corrected chi connectivity index (χ1v) is 9.17. The quantitative estimate of drug-likeness (QED) is 0.503. The van der Waals surface area contributed by atoms with Gasteiger partial charge in [-0.15, -0.1) is 13.2 Å². The van der Waals surface area contributed by atoms with E-state index in [-0.39, 0.29) is 24.0 Å². The highest BCUT2D eigenvalue weighted by Crippen LogP contribution is 2.32. The first-order valence-electron chi connectivity index (χ1n) is 9.17. The average molecular weight is 449 g/mol. The molecule has 11 heteroatoms. The number of anilines is 1. The van der Waals surface area contributed by atoms with Crippen molar-refractivity contribution in [1.82, 2.24) is 9.97 Å². The maximum Gasteiger partial charge on any atom is 0.573 e. The summed E-state index contributed by atoms with van der Waals surface area (Å²) in [6, 6.07) is 10.5. The van der Waals surface area contributed by atoms with Crippen LogP contribution < -0.4 is 19.5 Å². The zero-order chi connectivity index (χ0) is 23.1. The molecular formula is C21H18F3N3O5. The minimum Gasteiger partial charge on any atom is -0.493 e. The molecule has 0 spiro atoms. The van der Waals surface area contributed by atoms with E-state index < -0.39 is 18.9 Å². The Morgan fingerprint density at radius 1 is 1.06 bits per heavy atom. The number of methoxy groups -OCH3 is 1. The molecule has 0 atom stereocenters. The fourth-order valence-corrected chi connectivity index (χ4v) is 2.71. The van der Waals surface area contributed by atoms with Gasteiger partial charge in [0.05, 0.1) is 7.11 Å². The van der Waals surface area contributed by atoms with E-state index in [2.05, 4.69) is 20.0 Å². The molecule has 0 fully saturated rings. The number of benzene rings is 2. The second-order valence-corrected chi connectivity index (χ2v) is 6.39. The van der Waals surface area contributed by atoms with Crippen LogP contribution in [0.4, 0.5) is 19.1 Å². The van der Waals surface area contributed by atoms with E-state index in [1.54, 1.807) is 36.7 Å². The van der Waals surface area contributed by atoms with Crippen LogP contribution in [0.5, 0.6) is 17.2 Å². The molecule has 0 amide bonds. The van der Waals surface area contributed by atoms with Gasteiger partial charge in [0.1, 0.15) is 5.75 Å². The molecule has 0 aliphatic carbocycles. The SMILES string of the molecule is COc1cc(-c2cnc(NCc3cccc(OC(F)(F)F)c3)nc2)ccc1OCC(=O)O. The molecule has 2 aromatic carbocycles. The topological polar surface area (TPSA) is 103 Å². The van der Waals surface area contributed by atoms with Gasteiger partial charge < -0.3 is 24.6 Å². The summed E-state index contributed by atoms with van der Waals surface area (Å²) < 4.78 is 51.4. The third-order valence-corrected chi connectivity index (χ3v) is 4.08. The lowest BCUT2D eigenvalue weighted by molar-refractivity contribution is -0.274. The van der Waals surface area contributed by atoms with E-state index in [0.717, 1.165) is 0 Å². The van der Waals surface area contributed by atoms with Crippen molar-refractivity contribution in [2.45, 2.75) is 12.9 Å². The second kappa shape index (κ2) is 9.86. The molecule has 0 unspecified atom stereocenters. The van der Waals surface area contributed by atoms with Crippen molar-refractivity contribution in [3.63, 3.8) is 0 Å². The monoisotopic (exact) mass is 449 g/mol. The molecular weight excluding hydrogens is 431 g/mol. The number of nitrogens with zero attached hydrogens (tertiary/aromatic N) is 2. The zero-order valence-corrected chi connectivity index (χ0v) is 16.7. The fourth-order valence-electron chi connectivity index (χ4n) is 2.71. The van der Waals surface area contributed by atoms with Crippen molar-refractivity contribution in [3.8, 4) is 28.4 Å². The number of hydrogen-bond acceptors (Lipinski definition) is 7. The number of aromatic nitrogens is 2. The molecule has 0 saturated carbocycles. The molecule has 8 nitrogen and oxygen atoms in total. The fraction of sp³-hybridized carbons (Fsp3) is 0.190. The van der Waals surface area contributed by atoms with Crippen molar-refractivity contribution in [3.05, 3.63) is 60.4 Å². The summed E-state index contributed by atoms with van der Waals surface area (Å²) in [5.74, 6) is -0.490. The van der Waals surface area contributed by atoms with E-state index in [1.165, 1.54) is 25.3 Å². The second-order valence-electron chi connectivity index (χ2n) is 6.39. The van der Waals surface area contributed by atoms with E-state index in [4.69, 9.17) is 14.6 Å². The van der Waals surface area contributed by atoms with Gasteiger partial charge in [-0.25, -0.2) is 14.8 Å². The maximum absolute atomic E-state index is 12.3. The predicted octanol–water partition coefficient (Wildman–Crippen LogP) is 4.13. The number of nitrogens with one attached hydrogen (secondary N) is 1. The van der Waals surface area contributed by atoms with Crippen LogP contribution in [-0.2, 0) is 11.3 Å². The normalized spacial score (nSPS) is 11.0. The van der Waals surface area contributed by atoms with Crippen LogP contribution >= 0.6 is 0 Å². The van der Waals surface area contributed by atoms with Gasteiger partial charge in [-0.05, 0) is 35.4 Å². The first kappa shape index (κ1) is 22.7. The molecule has 32 heavy (non-hydrogen) atoms. The number of ether oxygens (including phenoxy) is 3. The average Bonchev–Trinajstić information content (AvgIpc) is 2.75. The third kappa shape index (κ3) is 6.49. The van der Waals surface area contributed by atoms with E-state index >= 15 is 0 Å². The molecule has 1 heterocycles. The highest BCUT2D eigenvalue weighted by Gasteiger charge is 2.31. The summed E-state index contributed by atoms with van der Waals surface area (Å²) >= 11 is 0. The number of hydrogen-bond donors (Lipinski definition) is 2. The van der Waals surface area contributed by atoms with Gasteiger partial charge in [-0.1, -0.05) is 18.2 Å². The molecule has 3 rings (SSSR count). The lowest BCUT2D eigenvalue weighted by Gasteiger charge is -2.12. The van der Waals surface area contributed by atoms with Crippen LogP contribution in [0.15, 0.2) is 54.9 Å². The van der Waals surface area contributed by atoms with Crippen molar-refractivity contribution >= 4 is 11.9 Å². The summed E-state index contributed by atoms with van der Waals surface area (Å²) in [5.41, 5.74) is 1.94. The summed E-state index contributed by atoms with van der Waals surface area (Å²) in [6.07, 6.45) is -1.63. The van der Waals surface area contributed by atoms with Crippen molar-refractivity contribution in [2.24, 2.45) is 0 Å². The van der Waals surface area contributed by atoms with Gasteiger partial charge in [0, 0.05) is 24.5 Å². The molecule has 0 radical (unpaired) electrons. The van der Waals surface area contributed by atoms with Crippen LogP contribution in [0.25, 0.3) is 11.1 Å². The number of carbonyl (C=O) groups is 1. The number of halogens is 3. The van der Waals surface area contributed by atoms with Crippen molar-refractivity contribution in [1.29, 1.82) is 0 Å². The van der Waals surface area contributed by atoms with Crippen LogP contribution in [0, 0.1) is 0 Å². The number of carboxylic acids is 1. The Bertz CT molecular complexity index is 1080. The summed E-state index contributed by atoms with van der Waals surface area (Å²) in [4.78, 5) is 19.1. The highest BCUT2D eigenvalue weighted by atomic mass is 19.4. The molecule has 0 saturated heterocycles. The van der Waals surface area contributed by atoms with Crippen LogP contribution in [0.3, 0.4) is 0 Å². The summed E-state index contributed by atoms with van der Waals surface area (Å²) in [6.45, 7) is -0.303. The van der Waals surface area contributed by atoms with Gasteiger partial charge in [0.15, 0.2) is 18.1 Å². The van der Waals surface area contributed by atoms with Crippen LogP contribution in [0.2, 0.25) is 0 Å². The molecule has 1 aromatic heterocycles. The Balaban J connectivity index is 1.65. The van der Waals surface area contributed by atoms with Crippen molar-refractivity contribution in [2.75, 3.05) is 19.0 Å². The first-order chi connectivity index (χ1) is 15.2. The van der Waals surface area contributed by atoms with E-state index in [1.807, 2.05) is 0 Å². The molecule has 0 aliphatic rings. The van der Waals surface area contributed by atoms with Crippen LogP contribution in [-0.4, -0.2) is 41.1 Å². The van der Waals surface area contributed by atoms with Gasteiger partial charge in [0.25, 0.3) is 0 Å². The summed E-state index contributed by atoms with van der Waals surface area (Å²) in [7, 11) is 1.44. The lowest BCUT2D eigenvalue weighted by Crippen LogP contribution is -2.17. The molecule has 0 aliphatic heterocycles. The van der Waals surface area contributed by atoms with Gasteiger partial charge in [-0.3, -0.25) is 0 Å². The molecule has 3 aromatic rings. The Morgan fingerprint density at radius 2 is 1.81 bits per heavy atom. The molecule has 0 bridgehead atoms. The lowest BCUT2D eigenvalue weighted by atomic mass is 10.1. The van der Waals surface area contributed by atoms with Gasteiger partial charge >= 0.3 is 12.3 Å². The molecule has 168 valence electrons. The van der Waals surface area contributed by atoms with Gasteiger partial charge in [-0.2, -0.15) is 0 Å². The largest absolute Gasteiger partial charge is 0.573 e. The van der Waals surface area contributed by atoms with E-state index in [0.29, 0.717) is 22.4 Å². The number of carboxylic acid groups (broad SMARTS) is 1. The number of alkyl halides is 3. The smallest absolute Gasteiger partial charge is 0.493 e. The Labute approximate surface area is 180 Å². The Hall–Kier alpha value is -4.02. The number of aliphatic carboxylic acids is 1. The standard InChI is InChI=1S/C21H18F3N3O5/c1-30-18-8-14(5-6-17(18)31-12-19(28)29)15-10-26-20(27-11-15)25-9-13-3-2-4-16(7-13)32-21(22,23)24/h2-8,10-11H,9,12H2,1H3,(H,28,29)(H,25,26,27). The Kier molecular flexibility index (Phi) is 6.98. The Morgan fingerprint density at radius 3 is 2.47 bits per heavy atom. The van der Waals surface area contributed by atoms with E-state index in [9.17, 15) is 18.0 Å². The van der Waals surface area contributed by atoms with Gasteiger partial charge in [0.2, 0.25) is 5.95 Å². The molecule has 2 N–H and O–H groups in total. The summed E-state index contributed by atoms with van der Waals surface area (Å²) in [5, 5.41) is 11.7. The minimum atomic E-state index is -4.76. The van der Waals surface area contributed by atoms with Crippen LogP contribution in [0.1, 0.15) is 5.56 Å². The third-order valence-electron chi connectivity index (χ3n) is 4.08. The van der Waals surface area contributed by atoms with Crippen molar-refractivity contribution < 1.29 is 37.3 Å². The minimum absolute atomic E-state index is 0.192. The maximum atomic E-state index is 12.3. The predicted molar refractivity (Wildman–Crippen MR) is 108 cm³/mol.